The third-order valence-electron chi connectivity index (χ3n) is 3.40. The van der Waals surface area contributed by atoms with Gasteiger partial charge in [-0.25, -0.2) is 9.38 Å². The van der Waals surface area contributed by atoms with E-state index in [4.69, 9.17) is 9.47 Å². The van der Waals surface area contributed by atoms with E-state index in [0.29, 0.717) is 38.0 Å². The van der Waals surface area contributed by atoms with Crippen LogP contribution in [0, 0.1) is 5.82 Å². The van der Waals surface area contributed by atoms with E-state index in [1.54, 1.807) is 19.2 Å². The maximum absolute atomic E-state index is 13.3. The van der Waals surface area contributed by atoms with E-state index in [-0.39, 0.29) is 48.3 Å². The number of benzene rings is 1. The molecule has 27 heavy (non-hydrogen) atoms. The van der Waals surface area contributed by atoms with Crippen molar-refractivity contribution in [3.63, 3.8) is 0 Å². The number of halogens is 2. The third-order valence-corrected chi connectivity index (χ3v) is 3.40. The molecule has 0 saturated heterocycles. The molecule has 0 aromatic heterocycles. The first-order valence-electron chi connectivity index (χ1n) is 8.79. The van der Waals surface area contributed by atoms with Gasteiger partial charge in [0.1, 0.15) is 24.2 Å². The molecule has 1 aromatic carbocycles. The summed E-state index contributed by atoms with van der Waals surface area (Å²) >= 11 is 0. The van der Waals surface area contributed by atoms with Crippen molar-refractivity contribution in [2.24, 2.45) is 4.99 Å². The van der Waals surface area contributed by atoms with Gasteiger partial charge in [0, 0.05) is 26.3 Å². The van der Waals surface area contributed by atoms with Gasteiger partial charge in [-0.2, -0.15) is 0 Å². The maximum Gasteiger partial charge on any atom is 0.241 e. The maximum atomic E-state index is 13.3. The molecule has 7 nitrogen and oxygen atoms in total. The molecule has 0 bridgehead atoms. The predicted molar refractivity (Wildman–Crippen MR) is 115 cm³/mol. The standard InChI is InChI=1S/C18H29FN4O3.HI/c1-4-15(26-16-8-6-7-14(19)11-16)12-22-18(20-5-2)23-13-17(24)21-9-10-25-3;/h6-8,11,15H,4-5,9-10,12-13H2,1-3H3,(H,21,24)(H2,20,22,23);1H. The highest BCUT2D eigenvalue weighted by atomic mass is 127. The van der Waals surface area contributed by atoms with Crippen LogP contribution in [0.5, 0.6) is 5.75 Å². The fourth-order valence-electron chi connectivity index (χ4n) is 2.05. The zero-order valence-electron chi connectivity index (χ0n) is 16.1. The lowest BCUT2D eigenvalue weighted by Gasteiger charge is -2.20. The van der Waals surface area contributed by atoms with Crippen LogP contribution < -0.4 is 20.7 Å². The van der Waals surface area contributed by atoms with E-state index in [1.807, 2.05) is 13.8 Å². The van der Waals surface area contributed by atoms with Gasteiger partial charge in [0.2, 0.25) is 5.91 Å². The van der Waals surface area contributed by atoms with E-state index in [1.165, 1.54) is 12.1 Å². The summed E-state index contributed by atoms with van der Waals surface area (Å²) in [7, 11) is 1.58. The summed E-state index contributed by atoms with van der Waals surface area (Å²) in [6.07, 6.45) is 0.580. The van der Waals surface area contributed by atoms with Gasteiger partial charge in [-0.15, -0.1) is 24.0 Å². The van der Waals surface area contributed by atoms with Gasteiger partial charge >= 0.3 is 0 Å². The number of hydrogen-bond acceptors (Lipinski definition) is 4. The highest BCUT2D eigenvalue weighted by Gasteiger charge is 2.10. The number of guanidine groups is 1. The van der Waals surface area contributed by atoms with Crippen molar-refractivity contribution >= 4 is 35.8 Å². The molecule has 0 saturated carbocycles. The van der Waals surface area contributed by atoms with Crippen molar-refractivity contribution in [2.75, 3.05) is 39.9 Å². The smallest absolute Gasteiger partial charge is 0.241 e. The molecule has 1 atom stereocenters. The fraction of sp³-hybridized carbons (Fsp3) is 0.556. The van der Waals surface area contributed by atoms with Crippen molar-refractivity contribution in [3.05, 3.63) is 30.1 Å². The van der Waals surface area contributed by atoms with Crippen LogP contribution in [0.3, 0.4) is 0 Å². The van der Waals surface area contributed by atoms with E-state index in [2.05, 4.69) is 20.9 Å². The summed E-state index contributed by atoms with van der Waals surface area (Å²) in [6.45, 7) is 6.00. The number of amides is 1. The molecule has 9 heteroatoms. The molecule has 154 valence electrons. The molecule has 3 N–H and O–H groups in total. The van der Waals surface area contributed by atoms with Crippen LogP contribution in [0.15, 0.2) is 29.3 Å². The second-order valence-corrected chi connectivity index (χ2v) is 5.52. The number of ether oxygens (including phenoxy) is 2. The molecule has 1 rings (SSSR count). The first-order chi connectivity index (χ1) is 12.6. The van der Waals surface area contributed by atoms with Gasteiger partial charge < -0.3 is 25.4 Å². The molecule has 0 aliphatic heterocycles. The van der Waals surface area contributed by atoms with Crippen molar-refractivity contribution in [1.29, 1.82) is 0 Å². The molecule has 1 unspecified atom stereocenters. The molecular weight excluding hydrogens is 466 g/mol. The van der Waals surface area contributed by atoms with Crippen molar-refractivity contribution in [3.8, 4) is 5.75 Å². The van der Waals surface area contributed by atoms with E-state index >= 15 is 0 Å². The average Bonchev–Trinajstić information content (AvgIpc) is 2.63. The molecule has 1 amide bonds. The van der Waals surface area contributed by atoms with Crippen molar-refractivity contribution < 1.29 is 18.7 Å². The Hall–Kier alpha value is -1.62. The number of carbonyl (C=O) groups is 1. The molecule has 0 fully saturated rings. The van der Waals surface area contributed by atoms with Gasteiger partial charge in [-0.1, -0.05) is 13.0 Å². The van der Waals surface area contributed by atoms with Crippen LogP contribution >= 0.6 is 24.0 Å². The minimum Gasteiger partial charge on any atom is -0.489 e. The zero-order valence-corrected chi connectivity index (χ0v) is 18.4. The number of rotatable bonds is 11. The molecule has 1 aromatic rings. The SMILES string of the molecule is CCNC(=NCC(=O)NCCOC)NCC(CC)Oc1cccc(F)c1.I. The lowest BCUT2D eigenvalue weighted by molar-refractivity contribution is -0.119. The van der Waals surface area contributed by atoms with Crippen LogP contribution in [-0.4, -0.2) is 57.9 Å². The second-order valence-electron chi connectivity index (χ2n) is 5.52. The Morgan fingerprint density at radius 1 is 1.26 bits per heavy atom. The van der Waals surface area contributed by atoms with Gasteiger partial charge in [0.25, 0.3) is 0 Å². The number of aliphatic imine (C=N–C) groups is 1. The minimum absolute atomic E-state index is 0. The molecule has 0 aliphatic rings. The van der Waals surface area contributed by atoms with Crippen molar-refractivity contribution in [1.82, 2.24) is 16.0 Å². The highest BCUT2D eigenvalue weighted by molar-refractivity contribution is 14.0. The van der Waals surface area contributed by atoms with Crippen LogP contribution in [-0.2, 0) is 9.53 Å². The Morgan fingerprint density at radius 2 is 2.04 bits per heavy atom. The largest absolute Gasteiger partial charge is 0.489 e. The molecular formula is C18H30FIN4O3. The van der Waals surface area contributed by atoms with Gasteiger partial charge in [-0.3, -0.25) is 4.79 Å². The minimum atomic E-state index is -0.334. The molecule has 0 radical (unpaired) electrons. The summed E-state index contributed by atoms with van der Waals surface area (Å²) in [5.74, 6) is 0.496. The first-order valence-corrected chi connectivity index (χ1v) is 8.79. The normalized spacial score (nSPS) is 11.9. The second kappa shape index (κ2) is 15.4. The number of hydrogen-bond donors (Lipinski definition) is 3. The third kappa shape index (κ3) is 11.6. The lowest BCUT2D eigenvalue weighted by atomic mass is 10.2. The number of methoxy groups -OCH3 is 1. The molecule has 0 aliphatic carbocycles. The molecule has 0 heterocycles. The van der Waals surface area contributed by atoms with E-state index in [0.717, 1.165) is 6.42 Å². The number of nitrogens with one attached hydrogen (secondary N) is 3. The van der Waals surface area contributed by atoms with Crippen LogP contribution in [0.2, 0.25) is 0 Å². The highest BCUT2D eigenvalue weighted by Crippen LogP contribution is 2.14. The quantitative estimate of drug-likeness (QED) is 0.189. The summed E-state index contributed by atoms with van der Waals surface area (Å²) in [5, 5.41) is 8.93. The van der Waals surface area contributed by atoms with Gasteiger partial charge in [0.05, 0.1) is 13.2 Å². The topological polar surface area (TPSA) is 84.0 Å². The van der Waals surface area contributed by atoms with Crippen LogP contribution in [0.25, 0.3) is 0 Å². The summed E-state index contributed by atoms with van der Waals surface area (Å²) < 4.78 is 23.9. The lowest BCUT2D eigenvalue weighted by Crippen LogP contribution is -2.43. The summed E-state index contributed by atoms with van der Waals surface area (Å²) in [6, 6.07) is 6.06. The Balaban J connectivity index is 0.00000676. The monoisotopic (exact) mass is 496 g/mol. The Labute approximate surface area is 177 Å². The summed E-state index contributed by atoms with van der Waals surface area (Å²) in [5.41, 5.74) is 0. The van der Waals surface area contributed by atoms with E-state index < -0.39 is 0 Å². The zero-order chi connectivity index (χ0) is 19.2. The van der Waals surface area contributed by atoms with Gasteiger partial charge in [0.15, 0.2) is 5.96 Å². The first kappa shape index (κ1) is 25.4. The number of nitrogens with zero attached hydrogens (tertiary/aromatic N) is 1. The fourth-order valence-corrected chi connectivity index (χ4v) is 2.05. The molecule has 0 spiro atoms. The summed E-state index contributed by atoms with van der Waals surface area (Å²) in [4.78, 5) is 16.0. The Bertz CT molecular complexity index is 575. The number of carbonyl (C=O) groups excluding carboxylic acids is 1. The van der Waals surface area contributed by atoms with E-state index in [9.17, 15) is 9.18 Å². The van der Waals surface area contributed by atoms with Crippen molar-refractivity contribution in [2.45, 2.75) is 26.4 Å². The Kier molecular flexibility index (Phi) is 14.5. The van der Waals surface area contributed by atoms with Gasteiger partial charge in [-0.05, 0) is 25.5 Å². The Morgan fingerprint density at radius 3 is 2.67 bits per heavy atom. The average molecular weight is 496 g/mol. The van der Waals surface area contributed by atoms with Crippen LogP contribution in [0.4, 0.5) is 4.39 Å². The predicted octanol–water partition coefficient (Wildman–Crippen LogP) is 1.92. The van der Waals surface area contributed by atoms with Crippen LogP contribution in [0.1, 0.15) is 20.3 Å².